The molecule has 3 heterocycles. The second-order valence-electron chi connectivity index (χ2n) is 7.28. The summed E-state index contributed by atoms with van der Waals surface area (Å²) in [5, 5.41) is 11.8. The average molecular weight is 378 g/mol. The van der Waals surface area contributed by atoms with E-state index in [-0.39, 0.29) is 5.91 Å². The van der Waals surface area contributed by atoms with Gasteiger partial charge in [0.25, 0.3) is 5.91 Å². The number of hydrogen-bond acceptors (Lipinski definition) is 7. The van der Waals surface area contributed by atoms with Crippen LogP contribution in [0.4, 0.5) is 11.6 Å². The summed E-state index contributed by atoms with van der Waals surface area (Å²) in [6.45, 7) is 0.513. The molecule has 0 radical (unpaired) electrons. The van der Waals surface area contributed by atoms with Gasteiger partial charge in [-0.1, -0.05) is 18.2 Å². The highest BCUT2D eigenvalue weighted by Gasteiger charge is 2.45. The maximum Gasteiger partial charge on any atom is 0.258 e. The molecule has 3 aromatic rings. The molecule has 8 nitrogen and oxygen atoms in total. The average Bonchev–Trinajstić information content (AvgIpc) is 2.96. The van der Waals surface area contributed by atoms with Gasteiger partial charge >= 0.3 is 0 Å². The van der Waals surface area contributed by atoms with Gasteiger partial charge in [-0.15, -0.1) is 0 Å². The van der Waals surface area contributed by atoms with Crippen molar-refractivity contribution >= 4 is 28.4 Å². The van der Waals surface area contributed by atoms with Gasteiger partial charge in [0.15, 0.2) is 11.4 Å². The summed E-state index contributed by atoms with van der Waals surface area (Å²) in [5.74, 6) is 1.20. The molecule has 2 aromatic heterocycles. The zero-order valence-corrected chi connectivity index (χ0v) is 16.0. The molecule has 1 aliphatic heterocycles. The molecule has 4 rings (SSSR count). The predicted molar refractivity (Wildman–Crippen MR) is 108 cm³/mol. The van der Waals surface area contributed by atoms with E-state index in [2.05, 4.69) is 9.97 Å². The van der Waals surface area contributed by atoms with E-state index in [1.165, 1.54) is 4.90 Å². The Hall–Kier alpha value is -3.26. The van der Waals surface area contributed by atoms with Crippen LogP contribution in [0, 0.1) is 0 Å². The Morgan fingerprint density at radius 2 is 2.04 bits per heavy atom. The van der Waals surface area contributed by atoms with Crippen molar-refractivity contribution in [3.8, 4) is 11.4 Å². The lowest BCUT2D eigenvalue weighted by Gasteiger charge is -2.22. The van der Waals surface area contributed by atoms with Gasteiger partial charge in [-0.3, -0.25) is 4.79 Å². The zero-order chi connectivity index (χ0) is 20.1. The minimum atomic E-state index is -1.52. The number of carbonyl (C=O) groups is 1. The summed E-state index contributed by atoms with van der Waals surface area (Å²) in [4.78, 5) is 29.3. The minimum Gasteiger partial charge on any atom is -0.382 e. The molecule has 1 fully saturated rings. The van der Waals surface area contributed by atoms with Gasteiger partial charge in [0.1, 0.15) is 17.2 Å². The molecule has 0 saturated carbocycles. The summed E-state index contributed by atoms with van der Waals surface area (Å²) < 4.78 is 0. The zero-order valence-electron chi connectivity index (χ0n) is 16.0. The Morgan fingerprint density at radius 3 is 2.71 bits per heavy atom. The van der Waals surface area contributed by atoms with Crippen LogP contribution in [0.2, 0.25) is 0 Å². The van der Waals surface area contributed by atoms with Gasteiger partial charge in [-0.2, -0.15) is 0 Å². The van der Waals surface area contributed by atoms with Gasteiger partial charge in [0.2, 0.25) is 0 Å². The monoisotopic (exact) mass is 378 g/mol. The molecular weight excluding hydrogens is 356 g/mol. The molecule has 1 atom stereocenters. The molecule has 0 spiro atoms. The number of aromatic nitrogens is 3. The SMILES string of the molecule is CN1CC[C@](O)(c2cccc(-c3nc(N(C)C)c4ccnc(N)c4n3)c2)C1=O. The fourth-order valence-electron chi connectivity index (χ4n) is 3.57. The maximum absolute atomic E-state index is 12.5. The highest BCUT2D eigenvalue weighted by molar-refractivity contribution is 5.96. The van der Waals surface area contributed by atoms with Gasteiger partial charge in [-0.05, 0) is 17.7 Å². The first kappa shape index (κ1) is 18.1. The fourth-order valence-corrected chi connectivity index (χ4v) is 3.57. The van der Waals surface area contributed by atoms with Crippen LogP contribution in [0.5, 0.6) is 0 Å². The second kappa shape index (κ2) is 6.42. The standard InChI is InChI=1S/C20H22N6O2/c1-25(2)18-14-7-9-22-16(21)15(14)23-17(24-18)12-5-4-6-13(11-12)20(28)8-10-26(3)19(20)27/h4-7,9,11,28H,8,10H2,1-3H3,(H2,21,22)/t20-/m0/s1. The lowest BCUT2D eigenvalue weighted by atomic mass is 9.91. The van der Waals surface area contributed by atoms with E-state index < -0.39 is 5.60 Å². The molecule has 1 aromatic carbocycles. The number of anilines is 2. The molecule has 1 aliphatic rings. The number of carbonyl (C=O) groups excluding carboxylic acids is 1. The number of nitrogen functional groups attached to an aromatic ring is 1. The summed E-state index contributed by atoms with van der Waals surface area (Å²) in [6, 6.07) is 9.00. The number of pyridine rings is 1. The second-order valence-corrected chi connectivity index (χ2v) is 7.28. The highest BCUT2D eigenvalue weighted by atomic mass is 16.3. The molecule has 0 aliphatic carbocycles. The van der Waals surface area contributed by atoms with Crippen molar-refractivity contribution in [1.82, 2.24) is 19.9 Å². The first-order valence-electron chi connectivity index (χ1n) is 8.99. The highest BCUT2D eigenvalue weighted by Crippen LogP contribution is 2.35. The largest absolute Gasteiger partial charge is 0.382 e. The lowest BCUT2D eigenvalue weighted by Crippen LogP contribution is -2.36. The lowest BCUT2D eigenvalue weighted by molar-refractivity contribution is -0.143. The predicted octanol–water partition coefficient (Wildman–Crippen LogP) is 1.39. The molecule has 28 heavy (non-hydrogen) atoms. The number of likely N-dealkylation sites (N-methyl/N-ethyl adjacent to an activating group) is 1. The molecule has 1 amide bonds. The first-order valence-corrected chi connectivity index (χ1v) is 8.99. The van der Waals surface area contributed by atoms with Crippen LogP contribution in [-0.2, 0) is 10.4 Å². The molecule has 0 unspecified atom stereocenters. The van der Waals surface area contributed by atoms with Crippen molar-refractivity contribution in [3.63, 3.8) is 0 Å². The smallest absolute Gasteiger partial charge is 0.258 e. The summed E-state index contributed by atoms with van der Waals surface area (Å²) in [5.41, 5.74) is 6.32. The Balaban J connectivity index is 1.88. The van der Waals surface area contributed by atoms with Gasteiger partial charge in [-0.25, -0.2) is 15.0 Å². The Labute approximate surface area is 162 Å². The van der Waals surface area contributed by atoms with E-state index >= 15 is 0 Å². The third-order valence-electron chi connectivity index (χ3n) is 5.15. The Bertz CT molecular complexity index is 1080. The van der Waals surface area contributed by atoms with Gasteiger partial charge in [0, 0.05) is 51.3 Å². The maximum atomic E-state index is 12.5. The van der Waals surface area contributed by atoms with E-state index in [1.54, 1.807) is 31.4 Å². The van der Waals surface area contributed by atoms with E-state index in [9.17, 15) is 9.90 Å². The number of aliphatic hydroxyl groups is 1. The number of fused-ring (bicyclic) bond motifs is 1. The van der Waals surface area contributed by atoms with Crippen LogP contribution >= 0.6 is 0 Å². The third kappa shape index (κ3) is 2.73. The van der Waals surface area contributed by atoms with Crippen molar-refractivity contribution < 1.29 is 9.90 Å². The topological polar surface area (TPSA) is 108 Å². The quantitative estimate of drug-likeness (QED) is 0.709. The van der Waals surface area contributed by atoms with Crippen molar-refractivity contribution in [2.24, 2.45) is 0 Å². The summed E-state index contributed by atoms with van der Waals surface area (Å²) in [7, 11) is 5.48. The molecule has 1 saturated heterocycles. The molecular formula is C20H22N6O2. The van der Waals surface area contributed by atoms with Crippen molar-refractivity contribution in [2.75, 3.05) is 38.3 Å². The van der Waals surface area contributed by atoms with Crippen LogP contribution in [0.1, 0.15) is 12.0 Å². The minimum absolute atomic E-state index is 0.300. The number of amides is 1. The third-order valence-corrected chi connectivity index (χ3v) is 5.15. The number of hydrogen-bond donors (Lipinski definition) is 2. The van der Waals surface area contributed by atoms with Gasteiger partial charge < -0.3 is 20.6 Å². The Kier molecular flexibility index (Phi) is 4.15. The van der Waals surface area contributed by atoms with E-state index in [0.29, 0.717) is 41.3 Å². The molecule has 0 bridgehead atoms. The van der Waals surface area contributed by atoms with Crippen molar-refractivity contribution in [2.45, 2.75) is 12.0 Å². The van der Waals surface area contributed by atoms with E-state index in [4.69, 9.17) is 10.7 Å². The number of nitrogens with two attached hydrogens (primary N) is 1. The number of benzene rings is 1. The number of nitrogens with zero attached hydrogens (tertiary/aromatic N) is 5. The number of rotatable bonds is 3. The Morgan fingerprint density at radius 1 is 1.25 bits per heavy atom. The fraction of sp³-hybridized carbons (Fsp3) is 0.300. The number of likely N-dealkylation sites (tertiary alicyclic amines) is 1. The van der Waals surface area contributed by atoms with Gasteiger partial charge in [0.05, 0.1) is 0 Å². The van der Waals surface area contributed by atoms with Crippen LogP contribution in [0.25, 0.3) is 22.3 Å². The summed E-state index contributed by atoms with van der Waals surface area (Å²) in [6.07, 6.45) is 1.98. The molecule has 8 heteroatoms. The van der Waals surface area contributed by atoms with Crippen LogP contribution in [-0.4, -0.2) is 58.6 Å². The van der Waals surface area contributed by atoms with Crippen LogP contribution < -0.4 is 10.6 Å². The van der Waals surface area contributed by atoms with E-state index in [0.717, 1.165) is 11.2 Å². The van der Waals surface area contributed by atoms with E-state index in [1.807, 2.05) is 31.1 Å². The normalized spacial score (nSPS) is 19.4. The summed E-state index contributed by atoms with van der Waals surface area (Å²) >= 11 is 0. The van der Waals surface area contributed by atoms with Crippen LogP contribution in [0.15, 0.2) is 36.5 Å². The molecule has 3 N–H and O–H groups in total. The molecule has 144 valence electrons. The first-order chi connectivity index (χ1) is 13.3. The van der Waals surface area contributed by atoms with Crippen molar-refractivity contribution in [1.29, 1.82) is 0 Å². The van der Waals surface area contributed by atoms with Crippen LogP contribution in [0.3, 0.4) is 0 Å². The van der Waals surface area contributed by atoms with Crippen molar-refractivity contribution in [3.05, 3.63) is 42.1 Å².